The summed E-state index contributed by atoms with van der Waals surface area (Å²) in [7, 11) is 0. The first-order valence-electron chi connectivity index (χ1n) is 8.30. The second-order valence-electron chi connectivity index (χ2n) is 6.09. The van der Waals surface area contributed by atoms with E-state index >= 15 is 0 Å². The normalized spacial score (nSPS) is 15.6. The van der Waals surface area contributed by atoms with Crippen molar-refractivity contribution in [2.75, 3.05) is 11.4 Å². The number of amides is 3. The highest BCUT2D eigenvalue weighted by Crippen LogP contribution is 2.29. The highest BCUT2D eigenvalue weighted by molar-refractivity contribution is 6.19. The van der Waals surface area contributed by atoms with Gasteiger partial charge in [0.25, 0.3) is 5.91 Å². The van der Waals surface area contributed by atoms with Gasteiger partial charge >= 0.3 is 6.03 Å². The monoisotopic (exact) mass is 347 g/mol. The maximum Gasteiger partial charge on any atom is 0.332 e. The van der Waals surface area contributed by atoms with Crippen molar-refractivity contribution in [1.82, 2.24) is 19.9 Å². The van der Waals surface area contributed by atoms with E-state index in [1.165, 1.54) is 4.90 Å². The van der Waals surface area contributed by atoms with Crippen LogP contribution in [0.2, 0.25) is 0 Å². The molecule has 2 heterocycles. The average Bonchev–Trinajstić information content (AvgIpc) is 3.30. The van der Waals surface area contributed by atoms with Crippen molar-refractivity contribution in [1.29, 1.82) is 0 Å². The third kappa shape index (κ3) is 2.73. The number of anilines is 1. The lowest BCUT2D eigenvalue weighted by molar-refractivity contribution is -0.116. The van der Waals surface area contributed by atoms with E-state index in [2.05, 4.69) is 10.3 Å². The highest BCUT2D eigenvalue weighted by Gasteiger charge is 2.39. The zero-order valence-electron chi connectivity index (χ0n) is 14.2. The third-order valence-electron chi connectivity index (χ3n) is 4.54. The molecule has 1 fully saturated rings. The van der Waals surface area contributed by atoms with Gasteiger partial charge in [-0.3, -0.25) is 4.79 Å². The minimum Gasteiger partial charge on any atom is -0.308 e. The van der Waals surface area contributed by atoms with Crippen LogP contribution in [-0.2, 0) is 4.79 Å². The van der Waals surface area contributed by atoms with Gasteiger partial charge in [0.05, 0.1) is 29.8 Å². The Morgan fingerprint density at radius 2 is 1.65 bits per heavy atom. The van der Waals surface area contributed by atoms with E-state index in [4.69, 9.17) is 0 Å². The Kier molecular flexibility index (Phi) is 3.96. The van der Waals surface area contributed by atoms with Gasteiger partial charge in [0.15, 0.2) is 0 Å². The molecule has 3 amide bonds. The highest BCUT2D eigenvalue weighted by atomic mass is 16.2. The van der Waals surface area contributed by atoms with Gasteiger partial charge in [-0.15, -0.1) is 5.10 Å². The molecule has 1 atom stereocenters. The smallest absolute Gasteiger partial charge is 0.308 e. The molecule has 0 unspecified atom stereocenters. The van der Waals surface area contributed by atoms with Gasteiger partial charge in [-0.05, 0) is 36.8 Å². The van der Waals surface area contributed by atoms with Crippen molar-refractivity contribution >= 4 is 17.6 Å². The molecule has 0 bridgehead atoms. The number of urea groups is 1. The van der Waals surface area contributed by atoms with Gasteiger partial charge in [-0.1, -0.05) is 35.5 Å². The van der Waals surface area contributed by atoms with E-state index in [9.17, 15) is 9.59 Å². The molecule has 3 aromatic rings. The number of imide groups is 1. The van der Waals surface area contributed by atoms with Crippen LogP contribution in [0.15, 0.2) is 67.0 Å². The number of nitrogens with zero attached hydrogens (tertiary/aromatic N) is 5. The van der Waals surface area contributed by atoms with Crippen LogP contribution in [0.25, 0.3) is 5.69 Å². The molecule has 0 aliphatic carbocycles. The van der Waals surface area contributed by atoms with Crippen LogP contribution in [0.1, 0.15) is 18.5 Å². The Hall–Kier alpha value is -3.48. The molecule has 130 valence electrons. The van der Waals surface area contributed by atoms with E-state index < -0.39 is 0 Å². The maximum atomic E-state index is 12.8. The van der Waals surface area contributed by atoms with Crippen LogP contribution in [0, 0.1) is 0 Å². The molecule has 1 aliphatic heterocycles. The summed E-state index contributed by atoms with van der Waals surface area (Å²) in [5, 5.41) is 7.69. The zero-order chi connectivity index (χ0) is 18.1. The van der Waals surface area contributed by atoms with Crippen molar-refractivity contribution in [3.05, 3.63) is 72.6 Å². The van der Waals surface area contributed by atoms with Crippen molar-refractivity contribution in [3.8, 4) is 5.69 Å². The molecule has 1 saturated heterocycles. The summed E-state index contributed by atoms with van der Waals surface area (Å²) in [6.07, 6.45) is 3.31. The lowest BCUT2D eigenvalue weighted by atomic mass is 10.1. The van der Waals surface area contributed by atoms with Crippen LogP contribution in [0.3, 0.4) is 0 Å². The summed E-state index contributed by atoms with van der Waals surface area (Å²) >= 11 is 0. The van der Waals surface area contributed by atoms with Crippen molar-refractivity contribution in [2.45, 2.75) is 13.0 Å². The largest absolute Gasteiger partial charge is 0.332 e. The number of hydrogen-bond acceptors (Lipinski definition) is 4. The van der Waals surface area contributed by atoms with Gasteiger partial charge in [-0.25, -0.2) is 14.4 Å². The Balaban J connectivity index is 1.58. The molecular formula is C19H17N5O2. The molecule has 26 heavy (non-hydrogen) atoms. The summed E-state index contributed by atoms with van der Waals surface area (Å²) in [6, 6.07) is 16.3. The molecule has 0 saturated carbocycles. The van der Waals surface area contributed by atoms with E-state index in [1.54, 1.807) is 46.2 Å². The van der Waals surface area contributed by atoms with Crippen LogP contribution in [0.5, 0.6) is 0 Å². The first kappa shape index (κ1) is 16.0. The Bertz CT molecular complexity index is 922. The molecule has 0 N–H and O–H groups in total. The standard InChI is InChI=1S/C19H17N5O2/c1-14(15-5-3-2-4-6-15)22-13-18(25)24(19(22)26)17-9-7-16(8-10-17)23-12-11-20-21-23/h2-12,14H,13H2,1H3/t14-/m0/s1. The molecule has 4 rings (SSSR count). The van der Waals surface area contributed by atoms with Crippen molar-refractivity contribution < 1.29 is 9.59 Å². The molecule has 0 spiro atoms. The summed E-state index contributed by atoms with van der Waals surface area (Å²) in [5.41, 5.74) is 2.35. The minimum absolute atomic E-state index is 0.0692. The number of carbonyl (C=O) groups excluding carboxylic acids is 2. The lowest BCUT2D eigenvalue weighted by Gasteiger charge is -2.24. The Morgan fingerprint density at radius 1 is 0.962 bits per heavy atom. The summed E-state index contributed by atoms with van der Waals surface area (Å²) < 4.78 is 1.61. The van der Waals surface area contributed by atoms with E-state index in [0.717, 1.165) is 11.3 Å². The summed E-state index contributed by atoms with van der Waals surface area (Å²) in [5.74, 6) is -0.230. The Labute approximate surface area is 150 Å². The third-order valence-corrected chi connectivity index (χ3v) is 4.54. The van der Waals surface area contributed by atoms with Gasteiger partial charge in [0.2, 0.25) is 0 Å². The van der Waals surface area contributed by atoms with E-state index in [0.29, 0.717) is 5.69 Å². The predicted molar refractivity (Wildman–Crippen MR) is 95.8 cm³/mol. The fourth-order valence-corrected chi connectivity index (χ4v) is 3.09. The second-order valence-corrected chi connectivity index (χ2v) is 6.09. The first-order chi connectivity index (χ1) is 12.6. The molecule has 2 aromatic carbocycles. The van der Waals surface area contributed by atoms with E-state index in [-0.39, 0.29) is 24.5 Å². The van der Waals surface area contributed by atoms with E-state index in [1.807, 2.05) is 37.3 Å². The SMILES string of the molecule is C[C@@H](c1ccccc1)N1CC(=O)N(c2ccc(-n3ccnn3)cc2)C1=O. The van der Waals surface area contributed by atoms with Crippen LogP contribution in [-0.4, -0.2) is 38.4 Å². The minimum atomic E-state index is -0.306. The first-order valence-corrected chi connectivity index (χ1v) is 8.30. The molecule has 1 aliphatic rings. The number of benzene rings is 2. The topological polar surface area (TPSA) is 71.3 Å². The fourth-order valence-electron chi connectivity index (χ4n) is 3.09. The number of aromatic nitrogens is 3. The van der Waals surface area contributed by atoms with Crippen LogP contribution < -0.4 is 4.90 Å². The molecular weight excluding hydrogens is 330 g/mol. The molecule has 7 heteroatoms. The maximum absolute atomic E-state index is 12.8. The van der Waals surface area contributed by atoms with Gasteiger partial charge in [0.1, 0.15) is 6.54 Å². The number of hydrogen-bond donors (Lipinski definition) is 0. The predicted octanol–water partition coefficient (Wildman–Crippen LogP) is 2.80. The van der Waals surface area contributed by atoms with Gasteiger partial charge in [-0.2, -0.15) is 0 Å². The second kappa shape index (κ2) is 6.44. The summed E-state index contributed by atoms with van der Waals surface area (Å²) in [4.78, 5) is 28.1. The van der Waals surface area contributed by atoms with Crippen LogP contribution in [0.4, 0.5) is 10.5 Å². The average molecular weight is 347 g/mol. The van der Waals surface area contributed by atoms with Gasteiger partial charge < -0.3 is 4.90 Å². The Morgan fingerprint density at radius 3 is 2.31 bits per heavy atom. The molecule has 0 radical (unpaired) electrons. The van der Waals surface area contributed by atoms with Crippen molar-refractivity contribution in [2.24, 2.45) is 0 Å². The number of rotatable bonds is 4. The van der Waals surface area contributed by atoms with Crippen LogP contribution >= 0.6 is 0 Å². The van der Waals surface area contributed by atoms with Gasteiger partial charge in [0, 0.05) is 0 Å². The molecule has 1 aromatic heterocycles. The summed E-state index contributed by atoms with van der Waals surface area (Å²) in [6.45, 7) is 2.00. The quantitative estimate of drug-likeness (QED) is 0.681. The van der Waals surface area contributed by atoms with Crippen molar-refractivity contribution in [3.63, 3.8) is 0 Å². The lowest BCUT2D eigenvalue weighted by Crippen LogP contribution is -2.34. The zero-order valence-corrected chi connectivity index (χ0v) is 14.2. The fraction of sp³-hybridized carbons (Fsp3) is 0.158. The number of carbonyl (C=O) groups is 2. The molecule has 7 nitrogen and oxygen atoms in total.